The van der Waals surface area contributed by atoms with Crippen molar-refractivity contribution in [1.29, 1.82) is 0 Å². The van der Waals surface area contributed by atoms with Crippen LogP contribution in [0.4, 0.5) is 4.39 Å². The van der Waals surface area contributed by atoms with Crippen molar-refractivity contribution in [3.63, 3.8) is 0 Å². The van der Waals surface area contributed by atoms with Gasteiger partial charge >= 0.3 is 0 Å². The summed E-state index contributed by atoms with van der Waals surface area (Å²) in [6.07, 6.45) is 4.27. The van der Waals surface area contributed by atoms with Gasteiger partial charge in [-0.05, 0) is 52.6 Å². The number of carbonyl (C=O) groups is 1. The van der Waals surface area contributed by atoms with Crippen molar-refractivity contribution in [2.75, 3.05) is 12.4 Å². The maximum Gasteiger partial charge on any atom is 0.269 e. The molecule has 0 fully saturated rings. The maximum atomic E-state index is 15.0. The van der Waals surface area contributed by atoms with Crippen molar-refractivity contribution in [2.24, 2.45) is 0 Å². The molecule has 10 heteroatoms. The number of pyridine rings is 1. The maximum absolute atomic E-state index is 15.0. The van der Waals surface area contributed by atoms with E-state index in [4.69, 9.17) is 11.6 Å². The summed E-state index contributed by atoms with van der Waals surface area (Å²) in [5.74, 6) is -0.873. The third-order valence-corrected chi connectivity index (χ3v) is 9.66. The predicted octanol–water partition coefficient (Wildman–Crippen LogP) is 5.54. The largest absolute Gasteiger partial charge is 0.335 e. The molecule has 1 aliphatic heterocycles. The van der Waals surface area contributed by atoms with E-state index >= 15 is 4.39 Å². The van der Waals surface area contributed by atoms with E-state index in [1.54, 1.807) is 35.2 Å². The van der Waals surface area contributed by atoms with Crippen LogP contribution in [0.1, 0.15) is 22.3 Å². The van der Waals surface area contributed by atoms with Gasteiger partial charge in [0.15, 0.2) is 0 Å². The number of halogens is 2. The summed E-state index contributed by atoms with van der Waals surface area (Å²) >= 11 is 6.00. The molecule has 0 radical (unpaired) electrons. The molecule has 1 N–H and O–H groups in total. The quantitative estimate of drug-likeness (QED) is 0.232. The fourth-order valence-electron chi connectivity index (χ4n) is 5.71. The smallest absolute Gasteiger partial charge is 0.269 e. The first kappa shape index (κ1) is 28.8. The Morgan fingerprint density at radius 2 is 1.72 bits per heavy atom. The fourth-order valence-corrected chi connectivity index (χ4v) is 7.24. The zero-order valence-electron chi connectivity index (χ0n) is 23.0. The van der Waals surface area contributed by atoms with Gasteiger partial charge in [-0.15, -0.1) is 11.6 Å². The Bertz CT molecular complexity index is 1880. The molecule has 1 atom stereocenters. The number of benzene rings is 3. The fraction of sp³-hybridized carbons (Fsp3) is 0.152. The Labute approximate surface area is 254 Å². The van der Waals surface area contributed by atoms with E-state index in [0.29, 0.717) is 18.7 Å². The van der Waals surface area contributed by atoms with Gasteiger partial charge in [0.25, 0.3) is 10.0 Å². The van der Waals surface area contributed by atoms with E-state index in [1.807, 2.05) is 54.6 Å². The highest BCUT2D eigenvalue weighted by molar-refractivity contribution is 7.90. The van der Waals surface area contributed by atoms with Crippen LogP contribution in [0.5, 0.6) is 0 Å². The van der Waals surface area contributed by atoms with Crippen LogP contribution >= 0.6 is 11.6 Å². The number of carbonyl (C=O) groups excluding carboxylic acids is 1. The topological polar surface area (TPSA) is 84.3 Å². The first-order valence-corrected chi connectivity index (χ1v) is 15.7. The monoisotopic (exact) mass is 614 g/mol. The van der Waals surface area contributed by atoms with Gasteiger partial charge in [-0.3, -0.25) is 15.1 Å². The highest BCUT2D eigenvalue weighted by Gasteiger charge is 2.42. The third kappa shape index (κ3) is 5.35. The number of nitrogens with zero attached hydrogens (tertiary/aromatic N) is 3. The Morgan fingerprint density at radius 3 is 2.47 bits per heavy atom. The van der Waals surface area contributed by atoms with Gasteiger partial charge in [0.05, 0.1) is 11.2 Å². The minimum absolute atomic E-state index is 0.0140. The average molecular weight is 615 g/mol. The number of nitrogens with one attached hydrogen (secondary N) is 1. The molecule has 0 saturated carbocycles. The highest BCUT2D eigenvalue weighted by Crippen LogP contribution is 2.38. The van der Waals surface area contributed by atoms with Crippen LogP contribution in [0.2, 0.25) is 0 Å². The molecule has 1 aliphatic rings. The van der Waals surface area contributed by atoms with E-state index in [1.165, 1.54) is 30.7 Å². The zero-order chi connectivity index (χ0) is 30.0. The van der Waals surface area contributed by atoms with Crippen molar-refractivity contribution in [3.05, 3.63) is 144 Å². The van der Waals surface area contributed by atoms with Crippen molar-refractivity contribution in [2.45, 2.75) is 23.5 Å². The van der Waals surface area contributed by atoms with Crippen LogP contribution in [0.3, 0.4) is 0 Å². The van der Waals surface area contributed by atoms with Crippen LogP contribution in [-0.4, -0.2) is 40.6 Å². The van der Waals surface area contributed by atoms with Gasteiger partial charge in [-0.25, -0.2) is 16.8 Å². The molecule has 0 aliphatic carbocycles. The second-order valence-electron chi connectivity index (χ2n) is 10.4. The molecule has 218 valence electrons. The Hall–Kier alpha value is -4.31. The molecular formula is C33H28ClFN4O3S. The molecular weight excluding hydrogens is 587 g/mol. The highest BCUT2D eigenvalue weighted by atomic mass is 35.5. The summed E-state index contributed by atoms with van der Waals surface area (Å²) in [6.45, 7) is 0.951. The van der Waals surface area contributed by atoms with Crippen LogP contribution in [-0.2, 0) is 33.4 Å². The van der Waals surface area contributed by atoms with Gasteiger partial charge in [-0.1, -0.05) is 66.7 Å². The van der Waals surface area contributed by atoms with Gasteiger partial charge in [0.2, 0.25) is 5.91 Å². The Morgan fingerprint density at radius 1 is 0.977 bits per heavy atom. The Balaban J connectivity index is 1.47. The van der Waals surface area contributed by atoms with Crippen LogP contribution < -0.4 is 5.32 Å². The van der Waals surface area contributed by atoms with E-state index in [-0.39, 0.29) is 34.5 Å². The molecule has 1 amide bonds. The lowest BCUT2D eigenvalue weighted by molar-refractivity contribution is -0.130. The van der Waals surface area contributed by atoms with Gasteiger partial charge in [0, 0.05) is 43.8 Å². The number of hydrogen-bond acceptors (Lipinski definition) is 5. The van der Waals surface area contributed by atoms with E-state index in [0.717, 1.165) is 20.7 Å². The lowest BCUT2D eigenvalue weighted by Gasteiger charge is -2.45. The first-order chi connectivity index (χ1) is 20.8. The molecule has 43 heavy (non-hydrogen) atoms. The molecule has 2 aromatic heterocycles. The van der Waals surface area contributed by atoms with Gasteiger partial charge < -0.3 is 4.90 Å². The number of aromatic nitrogens is 2. The van der Waals surface area contributed by atoms with Crippen LogP contribution in [0, 0.1) is 5.82 Å². The second kappa shape index (κ2) is 11.8. The van der Waals surface area contributed by atoms with Crippen molar-refractivity contribution >= 4 is 27.5 Å². The number of hydrogen-bond donors (Lipinski definition) is 1. The minimum atomic E-state index is -4.10. The van der Waals surface area contributed by atoms with Crippen LogP contribution in [0.25, 0.3) is 11.3 Å². The normalized spacial score (nSPS) is 16.6. The minimum Gasteiger partial charge on any atom is -0.335 e. The van der Waals surface area contributed by atoms with Gasteiger partial charge in [0.1, 0.15) is 16.6 Å². The summed E-state index contributed by atoms with van der Waals surface area (Å²) < 4.78 is 43.7. The van der Waals surface area contributed by atoms with Gasteiger partial charge in [-0.2, -0.15) is 0 Å². The summed E-state index contributed by atoms with van der Waals surface area (Å²) in [7, 11) is -4.10. The summed E-state index contributed by atoms with van der Waals surface area (Å²) in [5, 5.41) is 3.68. The molecule has 7 nitrogen and oxygen atoms in total. The van der Waals surface area contributed by atoms with Crippen LogP contribution in [0.15, 0.2) is 121 Å². The first-order valence-electron chi connectivity index (χ1n) is 13.7. The lowest BCUT2D eigenvalue weighted by Crippen LogP contribution is -2.56. The summed E-state index contributed by atoms with van der Waals surface area (Å²) in [4.78, 5) is 18.6. The molecule has 3 aromatic carbocycles. The third-order valence-electron chi connectivity index (χ3n) is 7.78. The average Bonchev–Trinajstić information content (AvgIpc) is 3.49. The SMILES string of the molecule is O=C(CCl)N1Cc2ccccc2C(NCc2cc(-c3ccccc3F)n(S(=O)(=O)c3cccnc3)c2)(c2ccccc2)C1. The second-order valence-corrected chi connectivity index (χ2v) is 12.5. The van der Waals surface area contributed by atoms with Crippen molar-refractivity contribution in [1.82, 2.24) is 19.2 Å². The summed E-state index contributed by atoms with van der Waals surface area (Å²) in [6, 6.07) is 28.5. The van der Waals surface area contributed by atoms with E-state index in [2.05, 4.69) is 10.3 Å². The molecule has 0 saturated heterocycles. The zero-order valence-corrected chi connectivity index (χ0v) is 24.6. The number of alkyl halides is 1. The molecule has 0 bridgehead atoms. The molecule has 5 aromatic rings. The standard InChI is InChI=1S/C33H28ClFN4O3S/c34-18-32(40)38-22-25-9-4-6-14-29(25)33(23-38,26-10-2-1-3-11-26)37-19-24-17-31(28-13-5-7-15-30(28)35)39(21-24)43(41,42)27-12-8-16-36-20-27/h1-17,20-21,37H,18-19,22-23H2. The molecule has 3 heterocycles. The predicted molar refractivity (Wildman–Crippen MR) is 163 cm³/mol. The van der Waals surface area contributed by atoms with E-state index in [9.17, 15) is 13.2 Å². The molecule has 1 unspecified atom stereocenters. The van der Waals surface area contributed by atoms with Crippen molar-refractivity contribution < 1.29 is 17.6 Å². The Kier molecular flexibility index (Phi) is 7.87. The summed E-state index contributed by atoms with van der Waals surface area (Å²) in [5.41, 5.74) is 3.05. The molecule has 0 spiro atoms. The van der Waals surface area contributed by atoms with Crippen molar-refractivity contribution in [3.8, 4) is 11.3 Å². The number of amides is 1. The number of rotatable bonds is 8. The molecule has 6 rings (SSSR count). The number of fused-ring (bicyclic) bond motifs is 1. The lowest BCUT2D eigenvalue weighted by atomic mass is 9.77. The van der Waals surface area contributed by atoms with E-state index < -0.39 is 21.4 Å².